The van der Waals surface area contributed by atoms with Crippen LogP contribution in [0.2, 0.25) is 0 Å². The van der Waals surface area contributed by atoms with Crippen molar-refractivity contribution in [1.29, 1.82) is 0 Å². The lowest BCUT2D eigenvalue weighted by atomic mass is 10.1. The fraction of sp³-hybridized carbons (Fsp3) is 0.333. The maximum Gasteiger partial charge on any atom is 0.279 e. The van der Waals surface area contributed by atoms with Crippen LogP contribution in [0.5, 0.6) is 23.0 Å². The molecule has 0 aliphatic heterocycles. The summed E-state index contributed by atoms with van der Waals surface area (Å²) in [6, 6.07) is 12.1. The second-order valence-corrected chi connectivity index (χ2v) is 6.06. The van der Waals surface area contributed by atoms with E-state index in [1.807, 2.05) is 6.92 Å². The molecule has 2 amide bonds. The van der Waals surface area contributed by atoms with Gasteiger partial charge in [0.1, 0.15) is 23.0 Å². The summed E-state index contributed by atoms with van der Waals surface area (Å²) in [5.41, 5.74) is 5.40. The van der Waals surface area contributed by atoms with Crippen molar-refractivity contribution >= 4 is 11.8 Å². The number of benzene rings is 2. The Balaban J connectivity index is 1.84. The van der Waals surface area contributed by atoms with E-state index in [0.29, 0.717) is 29.4 Å². The van der Waals surface area contributed by atoms with Gasteiger partial charge in [0.2, 0.25) is 5.91 Å². The Morgan fingerprint density at radius 3 is 2.21 bits per heavy atom. The van der Waals surface area contributed by atoms with Gasteiger partial charge in [-0.1, -0.05) is 6.07 Å². The Bertz CT molecular complexity index is 822. The zero-order valence-corrected chi connectivity index (χ0v) is 17.0. The molecule has 0 saturated carbocycles. The molecule has 2 aromatic rings. The molecule has 1 unspecified atom stereocenters. The minimum atomic E-state index is -0.802. The van der Waals surface area contributed by atoms with Crippen molar-refractivity contribution in [1.82, 2.24) is 10.9 Å². The highest BCUT2D eigenvalue weighted by atomic mass is 16.5. The van der Waals surface area contributed by atoms with Gasteiger partial charge in [-0.15, -0.1) is 0 Å². The van der Waals surface area contributed by atoms with Gasteiger partial charge < -0.3 is 18.9 Å². The quantitative estimate of drug-likeness (QED) is 0.625. The monoisotopic (exact) mass is 402 g/mol. The molecule has 0 aliphatic carbocycles. The highest BCUT2D eigenvalue weighted by Gasteiger charge is 2.16. The summed E-state index contributed by atoms with van der Waals surface area (Å²) in [5.74, 6) is 1.52. The van der Waals surface area contributed by atoms with Gasteiger partial charge in [0.25, 0.3) is 5.91 Å². The van der Waals surface area contributed by atoms with E-state index in [1.54, 1.807) is 56.5 Å². The third-order valence-corrected chi connectivity index (χ3v) is 3.99. The molecule has 0 heterocycles. The first kappa shape index (κ1) is 21.9. The van der Waals surface area contributed by atoms with Crippen LogP contribution in [0, 0.1) is 0 Å². The molecule has 29 heavy (non-hydrogen) atoms. The van der Waals surface area contributed by atoms with E-state index in [0.717, 1.165) is 5.75 Å². The smallest absolute Gasteiger partial charge is 0.279 e. The number of carbonyl (C=O) groups is 2. The van der Waals surface area contributed by atoms with E-state index >= 15 is 0 Å². The Labute approximate surface area is 170 Å². The van der Waals surface area contributed by atoms with E-state index in [-0.39, 0.29) is 6.42 Å². The van der Waals surface area contributed by atoms with Crippen LogP contribution in [0.4, 0.5) is 0 Å². The molecule has 0 spiro atoms. The molecule has 8 nitrogen and oxygen atoms in total. The van der Waals surface area contributed by atoms with Crippen LogP contribution in [0.3, 0.4) is 0 Å². The van der Waals surface area contributed by atoms with Gasteiger partial charge in [-0.3, -0.25) is 20.4 Å². The number of carbonyl (C=O) groups excluding carboxylic acids is 2. The van der Waals surface area contributed by atoms with Crippen molar-refractivity contribution in [3.05, 3.63) is 48.0 Å². The van der Waals surface area contributed by atoms with Gasteiger partial charge in [-0.25, -0.2) is 0 Å². The average Bonchev–Trinajstić information content (AvgIpc) is 2.73. The maximum atomic E-state index is 12.2. The van der Waals surface area contributed by atoms with Crippen LogP contribution in [-0.4, -0.2) is 38.7 Å². The fourth-order valence-electron chi connectivity index (χ4n) is 2.49. The van der Waals surface area contributed by atoms with Gasteiger partial charge in [-0.05, 0) is 44.2 Å². The normalized spacial score (nSPS) is 11.2. The molecule has 156 valence electrons. The molecule has 0 fully saturated rings. The third kappa shape index (κ3) is 6.60. The molecular weight excluding hydrogens is 376 g/mol. The highest BCUT2D eigenvalue weighted by Crippen LogP contribution is 2.24. The summed E-state index contributed by atoms with van der Waals surface area (Å²) in [6.45, 7) is 4.06. The van der Waals surface area contributed by atoms with Crippen LogP contribution in [0.1, 0.15) is 19.4 Å². The molecule has 0 aromatic heterocycles. The Kier molecular flexibility index (Phi) is 8.14. The molecule has 2 aromatic carbocycles. The zero-order chi connectivity index (χ0) is 21.2. The number of amides is 2. The lowest BCUT2D eigenvalue weighted by Crippen LogP contribution is -2.47. The second kappa shape index (κ2) is 10.8. The summed E-state index contributed by atoms with van der Waals surface area (Å²) >= 11 is 0. The molecule has 1 atom stereocenters. The first-order valence-electron chi connectivity index (χ1n) is 9.16. The topological polar surface area (TPSA) is 95.1 Å². The Hall–Kier alpha value is -3.42. The molecular formula is C21H26N2O6. The first-order valence-corrected chi connectivity index (χ1v) is 9.16. The molecule has 0 aliphatic rings. The number of ether oxygens (including phenoxy) is 4. The summed E-state index contributed by atoms with van der Waals surface area (Å²) in [4.78, 5) is 24.3. The molecule has 0 saturated heterocycles. The predicted octanol–water partition coefficient (Wildman–Crippen LogP) is 2.26. The van der Waals surface area contributed by atoms with Crippen LogP contribution >= 0.6 is 0 Å². The van der Waals surface area contributed by atoms with Crippen LogP contribution < -0.4 is 29.8 Å². The molecule has 0 radical (unpaired) electrons. The van der Waals surface area contributed by atoms with Crippen molar-refractivity contribution in [3.8, 4) is 23.0 Å². The fourth-order valence-corrected chi connectivity index (χ4v) is 2.49. The maximum absolute atomic E-state index is 12.2. The van der Waals surface area contributed by atoms with Crippen LogP contribution in [-0.2, 0) is 16.0 Å². The van der Waals surface area contributed by atoms with E-state index in [1.165, 1.54) is 7.11 Å². The van der Waals surface area contributed by atoms with Crippen LogP contribution in [0.25, 0.3) is 0 Å². The van der Waals surface area contributed by atoms with Gasteiger partial charge in [0.15, 0.2) is 6.10 Å². The van der Waals surface area contributed by atoms with Gasteiger partial charge in [-0.2, -0.15) is 0 Å². The largest absolute Gasteiger partial charge is 0.497 e. The SMILES string of the molecule is CCOc1ccc(OC(C)C(=O)NNC(=O)Cc2ccc(OC)cc2OC)cc1. The summed E-state index contributed by atoms with van der Waals surface area (Å²) < 4.78 is 21.3. The first-order chi connectivity index (χ1) is 14.0. The standard InChI is InChI=1S/C21H26N2O6/c1-5-28-16-8-10-17(11-9-16)29-14(2)21(25)23-22-20(24)12-15-6-7-18(26-3)13-19(15)27-4/h6-11,13-14H,5,12H2,1-4H3,(H,22,24)(H,23,25). The number of rotatable bonds is 9. The van der Waals surface area contributed by atoms with Gasteiger partial charge >= 0.3 is 0 Å². The molecule has 2 N–H and O–H groups in total. The van der Waals surface area contributed by atoms with Crippen molar-refractivity contribution in [2.75, 3.05) is 20.8 Å². The van der Waals surface area contributed by atoms with E-state index < -0.39 is 17.9 Å². The number of hydrazine groups is 1. The lowest BCUT2D eigenvalue weighted by molar-refractivity contribution is -0.132. The average molecular weight is 402 g/mol. The zero-order valence-electron chi connectivity index (χ0n) is 17.0. The minimum absolute atomic E-state index is 0.0293. The third-order valence-electron chi connectivity index (χ3n) is 3.99. The van der Waals surface area contributed by atoms with Crippen LogP contribution in [0.15, 0.2) is 42.5 Å². The van der Waals surface area contributed by atoms with Crippen molar-refractivity contribution in [2.24, 2.45) is 0 Å². The summed E-state index contributed by atoms with van der Waals surface area (Å²) in [6.07, 6.45) is -0.773. The van der Waals surface area contributed by atoms with E-state index in [9.17, 15) is 9.59 Å². The second-order valence-electron chi connectivity index (χ2n) is 6.06. The van der Waals surface area contributed by atoms with Crippen molar-refractivity contribution < 1.29 is 28.5 Å². The minimum Gasteiger partial charge on any atom is -0.497 e. The molecule has 8 heteroatoms. The molecule has 0 bridgehead atoms. The number of methoxy groups -OCH3 is 2. The van der Waals surface area contributed by atoms with Crippen molar-refractivity contribution in [3.63, 3.8) is 0 Å². The van der Waals surface area contributed by atoms with E-state index in [4.69, 9.17) is 18.9 Å². The van der Waals surface area contributed by atoms with Gasteiger partial charge in [0.05, 0.1) is 27.2 Å². The lowest BCUT2D eigenvalue weighted by Gasteiger charge is -2.16. The number of hydrogen-bond acceptors (Lipinski definition) is 6. The number of hydrogen-bond donors (Lipinski definition) is 2. The Morgan fingerprint density at radius 2 is 1.59 bits per heavy atom. The molecule has 2 rings (SSSR count). The number of nitrogens with one attached hydrogen (secondary N) is 2. The highest BCUT2D eigenvalue weighted by molar-refractivity contribution is 5.85. The summed E-state index contributed by atoms with van der Waals surface area (Å²) in [5, 5.41) is 0. The van der Waals surface area contributed by atoms with Crippen molar-refractivity contribution in [2.45, 2.75) is 26.4 Å². The van der Waals surface area contributed by atoms with E-state index in [2.05, 4.69) is 10.9 Å². The Morgan fingerprint density at radius 1 is 0.931 bits per heavy atom. The van der Waals surface area contributed by atoms with Gasteiger partial charge in [0, 0.05) is 11.6 Å². The predicted molar refractivity (Wildman–Crippen MR) is 107 cm³/mol. The summed E-state index contributed by atoms with van der Waals surface area (Å²) in [7, 11) is 3.06.